The monoisotopic (exact) mass is 336 g/mol. The SMILES string of the molecule is O=Cc1ccc(CCc2ccc(OCc3cccc(F)c3)nn2)cc1. The zero-order chi connectivity index (χ0) is 17.5. The van der Waals surface area contributed by atoms with E-state index in [1.165, 1.54) is 12.1 Å². The van der Waals surface area contributed by atoms with E-state index in [4.69, 9.17) is 4.74 Å². The number of halogens is 1. The highest BCUT2D eigenvalue weighted by Gasteiger charge is 2.02. The van der Waals surface area contributed by atoms with Crippen LogP contribution in [0.2, 0.25) is 0 Å². The number of rotatable bonds is 7. The van der Waals surface area contributed by atoms with Crippen LogP contribution in [-0.2, 0) is 19.4 Å². The lowest BCUT2D eigenvalue weighted by Crippen LogP contribution is -2.01. The van der Waals surface area contributed by atoms with E-state index in [0.29, 0.717) is 11.4 Å². The van der Waals surface area contributed by atoms with E-state index in [-0.39, 0.29) is 12.4 Å². The van der Waals surface area contributed by atoms with Gasteiger partial charge >= 0.3 is 0 Å². The van der Waals surface area contributed by atoms with Crippen LogP contribution >= 0.6 is 0 Å². The minimum absolute atomic E-state index is 0.245. The summed E-state index contributed by atoms with van der Waals surface area (Å²) in [7, 11) is 0. The molecule has 126 valence electrons. The van der Waals surface area contributed by atoms with Gasteiger partial charge in [0.25, 0.3) is 0 Å². The van der Waals surface area contributed by atoms with Gasteiger partial charge < -0.3 is 4.74 Å². The molecule has 1 heterocycles. The number of aryl methyl sites for hydroxylation is 2. The Hall–Kier alpha value is -3.08. The molecular weight excluding hydrogens is 319 g/mol. The average molecular weight is 336 g/mol. The Morgan fingerprint density at radius 1 is 0.920 bits per heavy atom. The Balaban J connectivity index is 1.52. The molecule has 0 aliphatic rings. The third-order valence-corrected chi connectivity index (χ3v) is 3.76. The van der Waals surface area contributed by atoms with Gasteiger partial charge in [0.1, 0.15) is 18.7 Å². The van der Waals surface area contributed by atoms with E-state index in [1.54, 1.807) is 30.3 Å². The second kappa shape index (κ2) is 8.15. The number of ether oxygens (including phenoxy) is 1. The van der Waals surface area contributed by atoms with Crippen molar-refractivity contribution < 1.29 is 13.9 Å². The second-order valence-electron chi connectivity index (χ2n) is 5.64. The number of nitrogens with zero attached hydrogens (tertiary/aromatic N) is 2. The summed E-state index contributed by atoms with van der Waals surface area (Å²) in [6.45, 7) is 0.245. The third kappa shape index (κ3) is 4.94. The van der Waals surface area contributed by atoms with E-state index < -0.39 is 0 Å². The van der Waals surface area contributed by atoms with E-state index >= 15 is 0 Å². The lowest BCUT2D eigenvalue weighted by molar-refractivity contribution is 0.112. The van der Waals surface area contributed by atoms with Crippen LogP contribution in [0.25, 0.3) is 0 Å². The first kappa shape index (κ1) is 16.8. The van der Waals surface area contributed by atoms with Gasteiger partial charge in [0.05, 0.1) is 5.69 Å². The molecule has 3 rings (SSSR count). The molecule has 5 heteroatoms. The Bertz CT molecular complexity index is 833. The van der Waals surface area contributed by atoms with Gasteiger partial charge in [-0.2, -0.15) is 5.10 Å². The fraction of sp³-hybridized carbons (Fsp3) is 0.150. The molecule has 25 heavy (non-hydrogen) atoms. The Morgan fingerprint density at radius 3 is 2.44 bits per heavy atom. The summed E-state index contributed by atoms with van der Waals surface area (Å²) in [5, 5.41) is 8.20. The van der Waals surface area contributed by atoms with Gasteiger partial charge in [-0.15, -0.1) is 5.10 Å². The van der Waals surface area contributed by atoms with Gasteiger partial charge in [0, 0.05) is 11.6 Å². The molecule has 0 amide bonds. The van der Waals surface area contributed by atoms with Crippen molar-refractivity contribution in [2.24, 2.45) is 0 Å². The Labute approximate surface area is 145 Å². The summed E-state index contributed by atoms with van der Waals surface area (Å²) in [6, 6.07) is 17.4. The number of carbonyl (C=O) groups excluding carboxylic acids is 1. The van der Waals surface area contributed by atoms with Crippen molar-refractivity contribution >= 4 is 6.29 Å². The third-order valence-electron chi connectivity index (χ3n) is 3.76. The number of carbonyl (C=O) groups is 1. The van der Waals surface area contributed by atoms with E-state index in [9.17, 15) is 9.18 Å². The van der Waals surface area contributed by atoms with Crippen LogP contribution in [0.5, 0.6) is 5.88 Å². The van der Waals surface area contributed by atoms with Gasteiger partial charge in [0.2, 0.25) is 5.88 Å². The maximum Gasteiger partial charge on any atom is 0.233 e. The standard InChI is InChI=1S/C20H17FN2O2/c21-18-3-1-2-17(12-18)14-25-20-11-10-19(22-23-20)9-8-15-4-6-16(13-24)7-5-15/h1-7,10-13H,8-9,14H2. The van der Waals surface area contributed by atoms with Gasteiger partial charge in [-0.1, -0.05) is 36.4 Å². The molecule has 0 aliphatic carbocycles. The van der Waals surface area contributed by atoms with Gasteiger partial charge in [-0.3, -0.25) is 4.79 Å². The van der Waals surface area contributed by atoms with Gasteiger partial charge in [-0.25, -0.2) is 4.39 Å². The zero-order valence-corrected chi connectivity index (χ0v) is 13.6. The Morgan fingerprint density at radius 2 is 1.76 bits per heavy atom. The summed E-state index contributed by atoms with van der Waals surface area (Å²) >= 11 is 0. The van der Waals surface area contributed by atoms with Crippen molar-refractivity contribution in [3.05, 3.63) is 88.9 Å². The van der Waals surface area contributed by atoms with Crippen molar-refractivity contribution in [1.82, 2.24) is 10.2 Å². The number of aldehydes is 1. The van der Waals surface area contributed by atoms with Crippen molar-refractivity contribution in [2.75, 3.05) is 0 Å². The molecule has 1 aromatic heterocycles. The molecule has 0 spiro atoms. The predicted octanol–water partition coefficient (Wildman–Crippen LogP) is 3.79. The van der Waals surface area contributed by atoms with E-state index in [2.05, 4.69) is 10.2 Å². The molecule has 0 bridgehead atoms. The van der Waals surface area contributed by atoms with Crippen LogP contribution in [0.3, 0.4) is 0 Å². The highest BCUT2D eigenvalue weighted by atomic mass is 19.1. The van der Waals surface area contributed by atoms with Gasteiger partial charge in [-0.05, 0) is 42.2 Å². The minimum atomic E-state index is -0.288. The molecule has 0 atom stereocenters. The fourth-order valence-corrected chi connectivity index (χ4v) is 2.38. The zero-order valence-electron chi connectivity index (χ0n) is 13.6. The molecule has 0 unspecified atom stereocenters. The van der Waals surface area contributed by atoms with Crippen LogP contribution in [0, 0.1) is 5.82 Å². The van der Waals surface area contributed by atoms with Crippen LogP contribution in [-0.4, -0.2) is 16.5 Å². The number of hydrogen-bond acceptors (Lipinski definition) is 4. The number of benzene rings is 2. The predicted molar refractivity (Wildman–Crippen MR) is 92.0 cm³/mol. The summed E-state index contributed by atoms with van der Waals surface area (Å²) < 4.78 is 18.6. The number of hydrogen-bond donors (Lipinski definition) is 0. The van der Waals surface area contributed by atoms with Crippen molar-refractivity contribution in [3.63, 3.8) is 0 Å². The maximum atomic E-state index is 13.1. The first-order valence-electron chi connectivity index (χ1n) is 7.97. The molecular formula is C20H17FN2O2. The largest absolute Gasteiger partial charge is 0.472 e. The van der Waals surface area contributed by atoms with Crippen LogP contribution in [0.4, 0.5) is 4.39 Å². The summed E-state index contributed by atoms with van der Waals surface area (Å²) in [5.41, 5.74) is 3.41. The molecule has 0 fully saturated rings. The Kier molecular flexibility index (Phi) is 5.46. The minimum Gasteiger partial charge on any atom is -0.472 e. The average Bonchev–Trinajstić information content (AvgIpc) is 2.66. The van der Waals surface area contributed by atoms with Gasteiger partial charge in [0.15, 0.2) is 0 Å². The molecule has 0 radical (unpaired) electrons. The van der Waals surface area contributed by atoms with Crippen molar-refractivity contribution in [2.45, 2.75) is 19.4 Å². The topological polar surface area (TPSA) is 52.1 Å². The molecule has 2 aromatic carbocycles. The number of aromatic nitrogens is 2. The summed E-state index contributed by atoms with van der Waals surface area (Å²) in [4.78, 5) is 10.6. The van der Waals surface area contributed by atoms with Crippen LogP contribution in [0.1, 0.15) is 27.2 Å². The smallest absolute Gasteiger partial charge is 0.233 e. The normalized spacial score (nSPS) is 10.4. The summed E-state index contributed by atoms with van der Waals surface area (Å²) in [6.07, 6.45) is 2.40. The molecule has 0 saturated heterocycles. The molecule has 0 N–H and O–H groups in total. The quantitative estimate of drug-likeness (QED) is 0.616. The van der Waals surface area contributed by atoms with E-state index in [0.717, 1.165) is 35.9 Å². The highest BCUT2D eigenvalue weighted by Crippen LogP contribution is 2.12. The first-order valence-corrected chi connectivity index (χ1v) is 7.97. The van der Waals surface area contributed by atoms with Crippen molar-refractivity contribution in [3.8, 4) is 5.88 Å². The van der Waals surface area contributed by atoms with Crippen LogP contribution < -0.4 is 4.74 Å². The summed E-state index contributed by atoms with van der Waals surface area (Å²) in [5.74, 6) is 0.118. The first-order chi connectivity index (χ1) is 12.2. The lowest BCUT2D eigenvalue weighted by atomic mass is 10.1. The van der Waals surface area contributed by atoms with E-state index in [1.807, 2.05) is 18.2 Å². The lowest BCUT2D eigenvalue weighted by Gasteiger charge is -2.06. The second-order valence-corrected chi connectivity index (χ2v) is 5.64. The highest BCUT2D eigenvalue weighted by molar-refractivity contribution is 5.74. The molecule has 3 aromatic rings. The molecule has 4 nitrogen and oxygen atoms in total. The van der Waals surface area contributed by atoms with Crippen molar-refractivity contribution in [1.29, 1.82) is 0 Å². The fourth-order valence-electron chi connectivity index (χ4n) is 2.38. The van der Waals surface area contributed by atoms with Crippen LogP contribution in [0.15, 0.2) is 60.7 Å². The molecule has 0 aliphatic heterocycles. The maximum absolute atomic E-state index is 13.1. The molecule has 0 saturated carbocycles.